The lowest BCUT2D eigenvalue weighted by atomic mass is 9.87. The van der Waals surface area contributed by atoms with E-state index in [1.165, 1.54) is 0 Å². The lowest BCUT2D eigenvalue weighted by Crippen LogP contribution is -2.24. The number of aliphatic hydroxyl groups is 1. The Balaban J connectivity index is 3.14. The number of carbonyl (C=O) groups is 1. The molecular formula is C16H24O3. The number of hydrogen-bond acceptors (Lipinski definition) is 3. The number of rotatable bonds is 6. The Morgan fingerprint density at radius 2 is 1.89 bits per heavy atom. The Kier molecular flexibility index (Phi) is 5.55. The van der Waals surface area contributed by atoms with Gasteiger partial charge in [-0.15, -0.1) is 0 Å². The molecule has 1 aromatic carbocycles. The van der Waals surface area contributed by atoms with Gasteiger partial charge >= 0.3 is 0 Å². The molecule has 0 bridgehead atoms. The van der Waals surface area contributed by atoms with Crippen LogP contribution in [0.2, 0.25) is 0 Å². The zero-order chi connectivity index (χ0) is 14.6. The van der Waals surface area contributed by atoms with Gasteiger partial charge in [-0.05, 0) is 35.6 Å². The number of aliphatic hydroxyl groups excluding tert-OH is 1. The molecule has 0 saturated carbocycles. The predicted octanol–water partition coefficient (Wildman–Crippen LogP) is 3.27. The van der Waals surface area contributed by atoms with Gasteiger partial charge in [-0.2, -0.15) is 0 Å². The highest BCUT2D eigenvalue weighted by molar-refractivity contribution is 5.98. The monoisotopic (exact) mass is 264 g/mol. The maximum absolute atomic E-state index is 12.4. The van der Waals surface area contributed by atoms with E-state index in [0.29, 0.717) is 5.56 Å². The molecule has 0 saturated heterocycles. The average Bonchev–Trinajstić information content (AvgIpc) is 2.38. The first kappa shape index (κ1) is 15.7. The van der Waals surface area contributed by atoms with Gasteiger partial charge in [-0.25, -0.2) is 0 Å². The van der Waals surface area contributed by atoms with Crippen LogP contribution in [0.1, 0.15) is 49.5 Å². The molecule has 0 aliphatic heterocycles. The summed E-state index contributed by atoms with van der Waals surface area (Å²) >= 11 is 0. The highest BCUT2D eigenvalue weighted by atomic mass is 16.5. The van der Waals surface area contributed by atoms with Gasteiger partial charge in [0, 0.05) is 11.5 Å². The fraction of sp³-hybridized carbons (Fsp3) is 0.562. The molecule has 1 atom stereocenters. The SMILES string of the molecule is COc1ccc(C(=O)C(CO)C(C)C)cc1C(C)C. The molecule has 1 rings (SSSR count). The maximum Gasteiger partial charge on any atom is 0.168 e. The highest BCUT2D eigenvalue weighted by Gasteiger charge is 2.23. The summed E-state index contributed by atoms with van der Waals surface area (Å²) in [6.45, 7) is 7.92. The van der Waals surface area contributed by atoms with Gasteiger partial charge in [-0.3, -0.25) is 4.79 Å². The summed E-state index contributed by atoms with van der Waals surface area (Å²) < 4.78 is 5.31. The van der Waals surface area contributed by atoms with Crippen molar-refractivity contribution in [3.63, 3.8) is 0 Å². The van der Waals surface area contributed by atoms with Gasteiger partial charge in [-0.1, -0.05) is 27.7 Å². The number of carbonyl (C=O) groups excluding carboxylic acids is 1. The average molecular weight is 264 g/mol. The number of ketones is 1. The third-order valence-electron chi connectivity index (χ3n) is 3.47. The van der Waals surface area contributed by atoms with E-state index in [-0.39, 0.29) is 30.1 Å². The van der Waals surface area contributed by atoms with Gasteiger partial charge in [0.25, 0.3) is 0 Å². The minimum Gasteiger partial charge on any atom is -0.496 e. The summed E-state index contributed by atoms with van der Waals surface area (Å²) in [5.41, 5.74) is 1.67. The molecule has 0 heterocycles. The largest absolute Gasteiger partial charge is 0.496 e. The number of benzene rings is 1. The van der Waals surface area contributed by atoms with Crippen LogP contribution < -0.4 is 4.74 Å². The van der Waals surface area contributed by atoms with Crippen LogP contribution >= 0.6 is 0 Å². The normalized spacial score (nSPS) is 12.8. The third kappa shape index (κ3) is 3.57. The molecule has 0 amide bonds. The van der Waals surface area contributed by atoms with Crippen molar-refractivity contribution in [2.75, 3.05) is 13.7 Å². The van der Waals surface area contributed by atoms with Crippen LogP contribution in [0.15, 0.2) is 18.2 Å². The second-order valence-electron chi connectivity index (χ2n) is 5.51. The summed E-state index contributed by atoms with van der Waals surface area (Å²) in [5.74, 6) is 0.878. The molecule has 0 aliphatic rings. The highest BCUT2D eigenvalue weighted by Crippen LogP contribution is 2.28. The fourth-order valence-corrected chi connectivity index (χ4v) is 2.15. The molecule has 1 N–H and O–H groups in total. The summed E-state index contributed by atoms with van der Waals surface area (Å²) in [4.78, 5) is 12.4. The van der Waals surface area contributed by atoms with Gasteiger partial charge in [0.2, 0.25) is 0 Å². The van der Waals surface area contributed by atoms with Crippen molar-refractivity contribution in [3.05, 3.63) is 29.3 Å². The minimum absolute atomic E-state index is 0.00190. The number of methoxy groups -OCH3 is 1. The summed E-state index contributed by atoms with van der Waals surface area (Å²) in [7, 11) is 1.63. The molecule has 106 valence electrons. The van der Waals surface area contributed by atoms with Crippen LogP contribution in [-0.2, 0) is 0 Å². The van der Waals surface area contributed by atoms with E-state index >= 15 is 0 Å². The Labute approximate surface area is 115 Å². The van der Waals surface area contributed by atoms with E-state index in [4.69, 9.17) is 4.74 Å². The Bertz CT molecular complexity index is 436. The molecule has 3 nitrogen and oxygen atoms in total. The van der Waals surface area contributed by atoms with Crippen molar-refractivity contribution in [1.29, 1.82) is 0 Å². The molecule has 0 spiro atoms. The molecule has 3 heteroatoms. The van der Waals surface area contributed by atoms with E-state index in [2.05, 4.69) is 13.8 Å². The number of ether oxygens (including phenoxy) is 1. The zero-order valence-electron chi connectivity index (χ0n) is 12.4. The third-order valence-corrected chi connectivity index (χ3v) is 3.47. The van der Waals surface area contributed by atoms with Gasteiger partial charge in [0.1, 0.15) is 5.75 Å². The van der Waals surface area contributed by atoms with Crippen molar-refractivity contribution >= 4 is 5.78 Å². The maximum atomic E-state index is 12.4. The predicted molar refractivity (Wildman–Crippen MR) is 76.8 cm³/mol. The number of hydrogen-bond donors (Lipinski definition) is 1. The van der Waals surface area contributed by atoms with Gasteiger partial charge in [0.15, 0.2) is 5.78 Å². The minimum atomic E-state index is -0.339. The molecule has 0 aliphatic carbocycles. The zero-order valence-corrected chi connectivity index (χ0v) is 12.4. The van der Waals surface area contributed by atoms with Crippen molar-refractivity contribution in [2.45, 2.75) is 33.6 Å². The second kappa shape index (κ2) is 6.71. The van der Waals surface area contributed by atoms with E-state index in [1.807, 2.05) is 26.0 Å². The standard InChI is InChI=1S/C16H24O3/c1-10(2)13-8-12(6-7-15(13)19-5)16(18)14(9-17)11(3)4/h6-8,10-11,14,17H,9H2,1-5H3. The van der Waals surface area contributed by atoms with E-state index < -0.39 is 0 Å². The Morgan fingerprint density at radius 3 is 2.32 bits per heavy atom. The lowest BCUT2D eigenvalue weighted by molar-refractivity contribution is 0.0806. The van der Waals surface area contributed by atoms with Crippen LogP contribution in [0.3, 0.4) is 0 Å². The summed E-state index contributed by atoms with van der Waals surface area (Å²) in [5, 5.41) is 9.36. The van der Waals surface area contributed by atoms with Gasteiger partial charge in [0.05, 0.1) is 13.7 Å². The van der Waals surface area contributed by atoms with E-state index in [0.717, 1.165) is 11.3 Å². The second-order valence-corrected chi connectivity index (χ2v) is 5.51. The molecular weight excluding hydrogens is 240 g/mol. The summed E-state index contributed by atoms with van der Waals surface area (Å²) in [6.07, 6.45) is 0. The van der Waals surface area contributed by atoms with E-state index in [9.17, 15) is 9.90 Å². The summed E-state index contributed by atoms with van der Waals surface area (Å²) in [6, 6.07) is 5.49. The van der Waals surface area contributed by atoms with Crippen LogP contribution in [0.4, 0.5) is 0 Å². The van der Waals surface area contributed by atoms with Crippen molar-refractivity contribution in [1.82, 2.24) is 0 Å². The van der Waals surface area contributed by atoms with Crippen LogP contribution in [0.5, 0.6) is 5.75 Å². The van der Waals surface area contributed by atoms with E-state index in [1.54, 1.807) is 13.2 Å². The Hall–Kier alpha value is -1.35. The molecule has 1 aromatic rings. The van der Waals surface area contributed by atoms with Crippen LogP contribution in [-0.4, -0.2) is 24.6 Å². The fourth-order valence-electron chi connectivity index (χ4n) is 2.15. The number of Topliss-reactive ketones (excluding diaryl/α,β-unsaturated/α-hetero) is 1. The molecule has 1 unspecified atom stereocenters. The lowest BCUT2D eigenvalue weighted by Gasteiger charge is -2.18. The first-order valence-electron chi connectivity index (χ1n) is 6.75. The first-order chi connectivity index (χ1) is 8.92. The van der Waals surface area contributed by atoms with Crippen LogP contribution in [0.25, 0.3) is 0 Å². The van der Waals surface area contributed by atoms with Gasteiger partial charge < -0.3 is 9.84 Å². The van der Waals surface area contributed by atoms with Crippen molar-refractivity contribution in [3.8, 4) is 5.75 Å². The molecule has 0 radical (unpaired) electrons. The molecule has 0 aromatic heterocycles. The quantitative estimate of drug-likeness (QED) is 0.802. The smallest absolute Gasteiger partial charge is 0.168 e. The van der Waals surface area contributed by atoms with Crippen molar-refractivity contribution in [2.24, 2.45) is 11.8 Å². The molecule has 19 heavy (non-hydrogen) atoms. The van der Waals surface area contributed by atoms with Crippen molar-refractivity contribution < 1.29 is 14.6 Å². The first-order valence-corrected chi connectivity index (χ1v) is 6.75. The molecule has 0 fully saturated rings. The topological polar surface area (TPSA) is 46.5 Å². The Morgan fingerprint density at radius 1 is 1.26 bits per heavy atom. The van der Waals surface area contributed by atoms with Crippen LogP contribution in [0, 0.1) is 11.8 Å².